The van der Waals surface area contributed by atoms with Gasteiger partial charge in [0.05, 0.1) is 13.2 Å². The highest BCUT2D eigenvalue weighted by atomic mass is 32.2. The third kappa shape index (κ3) is 6.50. The number of morpholine rings is 1. The first-order valence-electron chi connectivity index (χ1n) is 7.45. The highest BCUT2D eigenvalue weighted by Gasteiger charge is 2.16. The van der Waals surface area contributed by atoms with Crippen LogP contribution in [0.3, 0.4) is 0 Å². The number of rotatable bonds is 7. The molecule has 0 radical (unpaired) electrons. The number of aryl methyl sites for hydroxylation is 1. The Bertz CT molecular complexity index is 430. The van der Waals surface area contributed by atoms with E-state index in [4.69, 9.17) is 4.74 Å². The molecule has 1 saturated heterocycles. The lowest BCUT2D eigenvalue weighted by Gasteiger charge is -2.23. The zero-order chi connectivity index (χ0) is 14.9. The molecular weight excluding hydrogens is 284 g/mol. The van der Waals surface area contributed by atoms with E-state index >= 15 is 0 Å². The van der Waals surface area contributed by atoms with Gasteiger partial charge in [0.2, 0.25) is 5.91 Å². The molecule has 0 bridgehead atoms. The van der Waals surface area contributed by atoms with Crippen LogP contribution in [0, 0.1) is 6.92 Å². The molecule has 1 aromatic carbocycles. The molecule has 4 nitrogen and oxygen atoms in total. The topological polar surface area (TPSA) is 50.4 Å². The van der Waals surface area contributed by atoms with Crippen LogP contribution in [0.25, 0.3) is 0 Å². The fourth-order valence-corrected chi connectivity index (χ4v) is 3.00. The summed E-state index contributed by atoms with van der Waals surface area (Å²) in [6, 6.07) is 8.76. The number of hydrogen-bond acceptors (Lipinski definition) is 4. The minimum Gasteiger partial charge on any atom is -0.378 e. The van der Waals surface area contributed by atoms with Crippen molar-refractivity contribution < 1.29 is 9.53 Å². The van der Waals surface area contributed by atoms with E-state index in [1.807, 2.05) is 11.8 Å². The Hall–Kier alpha value is -1.04. The first-order chi connectivity index (χ1) is 10.2. The van der Waals surface area contributed by atoms with Crippen LogP contribution in [-0.4, -0.2) is 44.0 Å². The van der Waals surface area contributed by atoms with Gasteiger partial charge < -0.3 is 15.4 Å². The number of thioether (sulfide) groups is 1. The summed E-state index contributed by atoms with van der Waals surface area (Å²) in [7, 11) is 0. The zero-order valence-electron chi connectivity index (χ0n) is 12.6. The predicted octanol–water partition coefficient (Wildman–Crippen LogP) is 1.72. The fourth-order valence-electron chi connectivity index (χ4n) is 2.18. The standard InChI is InChI=1S/C16H24N2O2S/c1-13-2-4-14(5-3-13)12-21-9-7-18-16(19)10-15-11-20-8-6-17-15/h2-5,15,17H,6-12H2,1H3,(H,18,19). The third-order valence-electron chi connectivity index (χ3n) is 3.39. The molecule has 0 saturated carbocycles. The summed E-state index contributed by atoms with van der Waals surface area (Å²) in [4.78, 5) is 11.8. The SMILES string of the molecule is Cc1ccc(CSCCNC(=O)CC2COCCN2)cc1. The zero-order valence-corrected chi connectivity index (χ0v) is 13.4. The molecule has 1 aliphatic rings. The van der Waals surface area contributed by atoms with Gasteiger partial charge in [0.1, 0.15) is 0 Å². The van der Waals surface area contributed by atoms with Gasteiger partial charge in [-0.1, -0.05) is 29.8 Å². The van der Waals surface area contributed by atoms with Crippen LogP contribution < -0.4 is 10.6 Å². The van der Waals surface area contributed by atoms with Crippen LogP contribution in [0.2, 0.25) is 0 Å². The maximum absolute atomic E-state index is 11.8. The number of nitrogens with one attached hydrogen (secondary N) is 2. The van der Waals surface area contributed by atoms with Crippen molar-refractivity contribution in [3.63, 3.8) is 0 Å². The van der Waals surface area contributed by atoms with Crippen LogP contribution in [0.4, 0.5) is 0 Å². The van der Waals surface area contributed by atoms with E-state index in [2.05, 4.69) is 41.8 Å². The van der Waals surface area contributed by atoms with E-state index in [0.29, 0.717) is 13.0 Å². The van der Waals surface area contributed by atoms with Crippen LogP contribution in [0.15, 0.2) is 24.3 Å². The normalized spacial score (nSPS) is 18.4. The molecule has 5 heteroatoms. The van der Waals surface area contributed by atoms with Crippen LogP contribution >= 0.6 is 11.8 Å². The second-order valence-electron chi connectivity index (χ2n) is 5.32. The Kier molecular flexibility index (Phi) is 7.06. The lowest BCUT2D eigenvalue weighted by molar-refractivity contribution is -0.122. The van der Waals surface area contributed by atoms with Gasteiger partial charge in [-0.15, -0.1) is 0 Å². The average Bonchev–Trinajstić information content (AvgIpc) is 2.50. The Morgan fingerprint density at radius 2 is 2.24 bits per heavy atom. The summed E-state index contributed by atoms with van der Waals surface area (Å²) in [5, 5.41) is 6.26. The van der Waals surface area contributed by atoms with Gasteiger partial charge in [0, 0.05) is 37.1 Å². The molecule has 1 unspecified atom stereocenters. The van der Waals surface area contributed by atoms with E-state index < -0.39 is 0 Å². The lowest BCUT2D eigenvalue weighted by atomic mass is 10.2. The fraction of sp³-hybridized carbons (Fsp3) is 0.562. The molecule has 2 N–H and O–H groups in total. The van der Waals surface area contributed by atoms with E-state index in [1.54, 1.807) is 0 Å². The molecule has 1 heterocycles. The minimum atomic E-state index is 0.105. The van der Waals surface area contributed by atoms with Crippen molar-refractivity contribution in [2.75, 3.05) is 32.1 Å². The number of amides is 1. The summed E-state index contributed by atoms with van der Waals surface area (Å²) in [6.45, 7) is 5.04. The van der Waals surface area contributed by atoms with E-state index in [-0.39, 0.29) is 11.9 Å². The van der Waals surface area contributed by atoms with Crippen LogP contribution in [0.5, 0.6) is 0 Å². The van der Waals surface area contributed by atoms with Crippen molar-refractivity contribution >= 4 is 17.7 Å². The van der Waals surface area contributed by atoms with Crippen molar-refractivity contribution in [3.8, 4) is 0 Å². The molecule has 1 atom stereocenters. The largest absolute Gasteiger partial charge is 0.378 e. The van der Waals surface area contributed by atoms with Gasteiger partial charge in [-0.05, 0) is 12.5 Å². The van der Waals surface area contributed by atoms with Crippen LogP contribution in [-0.2, 0) is 15.3 Å². The quantitative estimate of drug-likeness (QED) is 0.753. The highest BCUT2D eigenvalue weighted by Crippen LogP contribution is 2.12. The number of ether oxygens (including phenoxy) is 1. The monoisotopic (exact) mass is 308 g/mol. The first-order valence-corrected chi connectivity index (χ1v) is 8.60. The van der Waals surface area contributed by atoms with Gasteiger partial charge in [-0.25, -0.2) is 0 Å². The predicted molar refractivity (Wildman–Crippen MR) is 87.6 cm³/mol. The highest BCUT2D eigenvalue weighted by molar-refractivity contribution is 7.98. The first kappa shape index (κ1) is 16.3. The maximum Gasteiger partial charge on any atom is 0.221 e. The molecule has 1 amide bonds. The molecular formula is C16H24N2O2S. The Labute approximate surface area is 131 Å². The molecule has 0 spiro atoms. The molecule has 21 heavy (non-hydrogen) atoms. The van der Waals surface area contributed by atoms with Crippen molar-refractivity contribution in [1.29, 1.82) is 0 Å². The van der Waals surface area contributed by atoms with Gasteiger partial charge in [0.15, 0.2) is 0 Å². The number of hydrogen-bond donors (Lipinski definition) is 2. The van der Waals surface area contributed by atoms with Gasteiger partial charge in [-0.3, -0.25) is 4.79 Å². The van der Waals surface area contributed by atoms with Crippen molar-refractivity contribution in [2.45, 2.75) is 25.1 Å². The average molecular weight is 308 g/mol. The van der Waals surface area contributed by atoms with E-state index in [9.17, 15) is 4.79 Å². The molecule has 1 fully saturated rings. The third-order valence-corrected chi connectivity index (χ3v) is 4.42. The summed E-state index contributed by atoms with van der Waals surface area (Å²) in [5.74, 6) is 2.04. The molecule has 0 aromatic heterocycles. The Balaban J connectivity index is 1.52. The van der Waals surface area contributed by atoms with E-state index in [0.717, 1.165) is 31.2 Å². The molecule has 1 aromatic rings. The number of carbonyl (C=O) groups is 1. The van der Waals surface area contributed by atoms with Crippen molar-refractivity contribution in [2.24, 2.45) is 0 Å². The molecule has 0 aliphatic carbocycles. The maximum atomic E-state index is 11.8. The number of benzene rings is 1. The second kappa shape index (κ2) is 9.07. The molecule has 116 valence electrons. The van der Waals surface area contributed by atoms with Crippen molar-refractivity contribution in [3.05, 3.63) is 35.4 Å². The lowest BCUT2D eigenvalue weighted by Crippen LogP contribution is -2.44. The smallest absolute Gasteiger partial charge is 0.221 e. The second-order valence-corrected chi connectivity index (χ2v) is 6.42. The summed E-state index contributed by atoms with van der Waals surface area (Å²) >= 11 is 1.85. The van der Waals surface area contributed by atoms with E-state index in [1.165, 1.54) is 11.1 Å². The summed E-state index contributed by atoms with van der Waals surface area (Å²) in [6.07, 6.45) is 0.503. The Morgan fingerprint density at radius 3 is 2.95 bits per heavy atom. The van der Waals surface area contributed by atoms with Crippen LogP contribution in [0.1, 0.15) is 17.5 Å². The summed E-state index contributed by atoms with van der Waals surface area (Å²) < 4.78 is 5.34. The molecule has 1 aliphatic heterocycles. The Morgan fingerprint density at radius 1 is 1.43 bits per heavy atom. The number of carbonyl (C=O) groups excluding carboxylic acids is 1. The molecule has 2 rings (SSSR count). The summed E-state index contributed by atoms with van der Waals surface area (Å²) in [5.41, 5.74) is 2.62. The van der Waals surface area contributed by atoms with Gasteiger partial charge in [0.25, 0.3) is 0 Å². The van der Waals surface area contributed by atoms with Gasteiger partial charge in [-0.2, -0.15) is 11.8 Å². The van der Waals surface area contributed by atoms with Gasteiger partial charge >= 0.3 is 0 Å². The minimum absolute atomic E-state index is 0.105. The van der Waals surface area contributed by atoms with Crippen molar-refractivity contribution in [1.82, 2.24) is 10.6 Å².